The predicted molar refractivity (Wildman–Crippen MR) is 135 cm³/mol. The zero-order chi connectivity index (χ0) is 24.1. The van der Waals surface area contributed by atoms with Crippen molar-refractivity contribution in [3.8, 4) is 16.9 Å². The van der Waals surface area contributed by atoms with Crippen LogP contribution in [0.4, 0.5) is 11.4 Å². The van der Waals surface area contributed by atoms with E-state index in [1.54, 1.807) is 36.4 Å². The maximum atomic E-state index is 13.0. The predicted octanol–water partition coefficient (Wildman–Crippen LogP) is 5.44. The summed E-state index contributed by atoms with van der Waals surface area (Å²) in [4.78, 5) is 13.1. The molecule has 0 aromatic heterocycles. The van der Waals surface area contributed by atoms with Crippen LogP contribution in [0, 0.1) is 0 Å². The molecule has 1 amide bonds. The van der Waals surface area contributed by atoms with Crippen molar-refractivity contribution in [1.29, 1.82) is 0 Å². The van der Waals surface area contributed by atoms with E-state index in [0.717, 1.165) is 11.1 Å². The molecule has 0 saturated carbocycles. The molecule has 0 saturated heterocycles. The van der Waals surface area contributed by atoms with Gasteiger partial charge in [-0.15, -0.1) is 0 Å². The van der Waals surface area contributed by atoms with Gasteiger partial charge in [0, 0.05) is 23.9 Å². The van der Waals surface area contributed by atoms with E-state index in [1.165, 1.54) is 30.6 Å². The molecule has 4 aromatic rings. The van der Waals surface area contributed by atoms with Gasteiger partial charge in [-0.2, -0.15) is 0 Å². The van der Waals surface area contributed by atoms with Crippen molar-refractivity contribution in [1.82, 2.24) is 0 Å². The van der Waals surface area contributed by atoms with Gasteiger partial charge in [0.05, 0.1) is 17.7 Å². The molecule has 0 bridgehead atoms. The first-order valence-electron chi connectivity index (χ1n) is 10.6. The normalized spacial score (nSPS) is 11.0. The Hall–Kier alpha value is -4.10. The van der Waals surface area contributed by atoms with Gasteiger partial charge in [0.1, 0.15) is 5.75 Å². The van der Waals surface area contributed by atoms with Crippen LogP contribution < -0.4 is 14.4 Å². The van der Waals surface area contributed by atoms with Crippen LogP contribution in [0.25, 0.3) is 11.1 Å². The number of amides is 1. The number of anilines is 2. The molecule has 0 spiro atoms. The minimum absolute atomic E-state index is 0.148. The van der Waals surface area contributed by atoms with Gasteiger partial charge in [-0.05, 0) is 60.2 Å². The number of carbonyl (C=O) groups is 1. The van der Waals surface area contributed by atoms with Gasteiger partial charge in [0.2, 0.25) is 0 Å². The molecule has 4 rings (SSSR count). The van der Waals surface area contributed by atoms with Crippen molar-refractivity contribution in [2.75, 3.05) is 23.8 Å². The fraction of sp³-hybridized carbons (Fsp3) is 0.0741. The Morgan fingerprint density at radius 3 is 2.06 bits per heavy atom. The molecule has 4 aromatic carbocycles. The van der Waals surface area contributed by atoms with E-state index in [9.17, 15) is 13.2 Å². The summed E-state index contributed by atoms with van der Waals surface area (Å²) >= 11 is 0. The summed E-state index contributed by atoms with van der Waals surface area (Å²) < 4.78 is 32.2. The molecule has 0 radical (unpaired) electrons. The average molecular weight is 473 g/mol. The fourth-order valence-electron chi connectivity index (χ4n) is 3.52. The number of para-hydroxylation sites is 1. The molecule has 172 valence electrons. The number of benzene rings is 4. The van der Waals surface area contributed by atoms with Crippen molar-refractivity contribution in [2.45, 2.75) is 4.90 Å². The molecule has 6 nitrogen and oxygen atoms in total. The van der Waals surface area contributed by atoms with Gasteiger partial charge >= 0.3 is 0 Å². The van der Waals surface area contributed by atoms with Gasteiger partial charge in [0.15, 0.2) is 0 Å². The summed E-state index contributed by atoms with van der Waals surface area (Å²) in [5.74, 6) is 0.293. The number of ether oxygens (including phenoxy) is 1. The van der Waals surface area contributed by atoms with Crippen LogP contribution in [-0.2, 0) is 10.0 Å². The molecule has 0 aliphatic heterocycles. The molecule has 0 aliphatic rings. The van der Waals surface area contributed by atoms with E-state index < -0.39 is 10.0 Å². The highest BCUT2D eigenvalue weighted by molar-refractivity contribution is 7.92. The fourth-order valence-corrected chi connectivity index (χ4v) is 4.72. The SMILES string of the molecule is COc1ccc(S(=O)(=O)N(C)c2ccc(C(=O)Nc3ccccc3-c3ccccc3)cc2)cc1. The van der Waals surface area contributed by atoms with E-state index >= 15 is 0 Å². The summed E-state index contributed by atoms with van der Waals surface area (Å²) in [5, 5.41) is 2.96. The van der Waals surface area contributed by atoms with Crippen molar-refractivity contribution < 1.29 is 17.9 Å². The minimum Gasteiger partial charge on any atom is -0.497 e. The highest BCUT2D eigenvalue weighted by Gasteiger charge is 2.21. The van der Waals surface area contributed by atoms with Crippen LogP contribution in [0.15, 0.2) is 108 Å². The summed E-state index contributed by atoms with van der Waals surface area (Å²) in [6, 6.07) is 30.0. The highest BCUT2D eigenvalue weighted by atomic mass is 32.2. The van der Waals surface area contributed by atoms with Gasteiger partial charge in [-0.1, -0.05) is 48.5 Å². The quantitative estimate of drug-likeness (QED) is 0.389. The Morgan fingerprint density at radius 2 is 1.41 bits per heavy atom. The lowest BCUT2D eigenvalue weighted by atomic mass is 10.0. The standard InChI is InChI=1S/C27H24N2O4S/c1-29(34(31,32)24-18-16-23(33-2)17-19-24)22-14-12-21(13-15-22)27(30)28-26-11-7-6-10-25(26)20-8-4-3-5-9-20/h3-19H,1-2H3,(H,28,30). The zero-order valence-corrected chi connectivity index (χ0v) is 19.6. The number of sulfonamides is 1. The lowest BCUT2D eigenvalue weighted by Gasteiger charge is -2.20. The van der Waals surface area contributed by atoms with Gasteiger partial charge < -0.3 is 10.1 Å². The van der Waals surface area contributed by atoms with E-state index in [2.05, 4.69) is 5.32 Å². The Morgan fingerprint density at radius 1 is 0.794 bits per heavy atom. The molecule has 0 heterocycles. The first-order chi connectivity index (χ1) is 16.4. The van der Waals surface area contributed by atoms with Crippen LogP contribution in [-0.4, -0.2) is 28.5 Å². The second-order valence-corrected chi connectivity index (χ2v) is 9.53. The van der Waals surface area contributed by atoms with Crippen LogP contribution in [0.5, 0.6) is 5.75 Å². The number of hydrogen-bond donors (Lipinski definition) is 1. The van der Waals surface area contributed by atoms with Gasteiger partial charge in [-0.25, -0.2) is 8.42 Å². The van der Waals surface area contributed by atoms with Crippen molar-refractivity contribution in [2.24, 2.45) is 0 Å². The molecule has 0 fully saturated rings. The summed E-state index contributed by atoms with van der Waals surface area (Å²) in [5.41, 5.74) is 3.47. The Balaban J connectivity index is 1.52. The second-order valence-electron chi connectivity index (χ2n) is 7.56. The first kappa shape index (κ1) is 23.1. The molecule has 0 unspecified atom stereocenters. The van der Waals surface area contributed by atoms with E-state index in [4.69, 9.17) is 4.74 Å². The van der Waals surface area contributed by atoms with Crippen LogP contribution >= 0.6 is 0 Å². The molecular formula is C27H24N2O4S. The summed E-state index contributed by atoms with van der Waals surface area (Å²) in [6.45, 7) is 0. The number of hydrogen-bond acceptors (Lipinski definition) is 4. The Kier molecular flexibility index (Phi) is 6.65. The maximum absolute atomic E-state index is 13.0. The van der Waals surface area contributed by atoms with Gasteiger partial charge in [-0.3, -0.25) is 9.10 Å². The number of methoxy groups -OCH3 is 1. The van der Waals surface area contributed by atoms with Crippen LogP contribution in [0.1, 0.15) is 10.4 Å². The monoisotopic (exact) mass is 472 g/mol. The number of nitrogens with one attached hydrogen (secondary N) is 1. The summed E-state index contributed by atoms with van der Waals surface area (Å²) in [6.07, 6.45) is 0. The molecule has 0 atom stereocenters. The van der Waals surface area contributed by atoms with Crippen LogP contribution in [0.2, 0.25) is 0 Å². The molecule has 0 aliphatic carbocycles. The maximum Gasteiger partial charge on any atom is 0.264 e. The van der Waals surface area contributed by atoms with Crippen molar-refractivity contribution >= 4 is 27.3 Å². The smallest absolute Gasteiger partial charge is 0.264 e. The largest absolute Gasteiger partial charge is 0.497 e. The summed E-state index contributed by atoms with van der Waals surface area (Å²) in [7, 11) is -0.759. The van der Waals surface area contributed by atoms with E-state index in [0.29, 0.717) is 22.7 Å². The lowest BCUT2D eigenvalue weighted by molar-refractivity contribution is 0.102. The molecule has 34 heavy (non-hydrogen) atoms. The average Bonchev–Trinajstić information content (AvgIpc) is 2.89. The Bertz CT molecular complexity index is 1390. The Labute approximate surface area is 199 Å². The lowest BCUT2D eigenvalue weighted by Crippen LogP contribution is -2.26. The van der Waals surface area contributed by atoms with E-state index in [1.807, 2.05) is 54.6 Å². The third-order valence-corrected chi connectivity index (χ3v) is 7.27. The first-order valence-corrected chi connectivity index (χ1v) is 12.0. The number of rotatable bonds is 7. The van der Waals surface area contributed by atoms with Gasteiger partial charge in [0.25, 0.3) is 15.9 Å². The molecular weight excluding hydrogens is 448 g/mol. The third kappa shape index (κ3) is 4.79. The van der Waals surface area contributed by atoms with Crippen LogP contribution in [0.3, 0.4) is 0 Å². The number of nitrogens with zero attached hydrogens (tertiary/aromatic N) is 1. The molecule has 1 N–H and O–H groups in total. The van der Waals surface area contributed by atoms with Crippen molar-refractivity contribution in [3.63, 3.8) is 0 Å². The molecule has 7 heteroatoms. The highest BCUT2D eigenvalue weighted by Crippen LogP contribution is 2.28. The third-order valence-electron chi connectivity index (χ3n) is 5.47. The minimum atomic E-state index is -3.76. The second kappa shape index (κ2) is 9.80. The number of carbonyl (C=O) groups excluding carboxylic acids is 1. The topological polar surface area (TPSA) is 75.7 Å². The van der Waals surface area contributed by atoms with Crippen molar-refractivity contribution in [3.05, 3.63) is 109 Å². The zero-order valence-electron chi connectivity index (χ0n) is 18.8. The van der Waals surface area contributed by atoms with E-state index in [-0.39, 0.29) is 10.8 Å².